The number of rotatable bonds is 4. The van der Waals surface area contributed by atoms with Crippen LogP contribution in [0, 0.1) is 10.1 Å². The van der Waals surface area contributed by atoms with Gasteiger partial charge >= 0.3 is 6.03 Å². The molecule has 3 N–H and O–H groups in total. The fourth-order valence-electron chi connectivity index (χ4n) is 2.83. The number of benzene rings is 2. The predicted octanol–water partition coefficient (Wildman–Crippen LogP) is 4.28. The summed E-state index contributed by atoms with van der Waals surface area (Å²) in [5, 5.41) is 19.7. The van der Waals surface area contributed by atoms with E-state index in [1.165, 1.54) is 12.1 Å². The number of halogens is 2. The summed E-state index contributed by atoms with van der Waals surface area (Å²) in [6.45, 7) is 1.59. The van der Waals surface area contributed by atoms with E-state index in [1.807, 2.05) is 0 Å². The second-order valence-corrected chi connectivity index (χ2v) is 7.29. The van der Waals surface area contributed by atoms with E-state index in [-0.39, 0.29) is 11.3 Å². The molecule has 1 heterocycles. The average Bonchev–Trinajstić information content (AvgIpc) is 2.63. The molecule has 3 amide bonds. The molecule has 1 aliphatic rings. The van der Waals surface area contributed by atoms with Gasteiger partial charge in [0.1, 0.15) is 0 Å². The van der Waals surface area contributed by atoms with Crippen LogP contribution in [0.2, 0.25) is 5.02 Å². The van der Waals surface area contributed by atoms with Gasteiger partial charge in [0.05, 0.1) is 21.0 Å². The van der Waals surface area contributed by atoms with E-state index in [4.69, 9.17) is 11.6 Å². The molecule has 0 radical (unpaired) electrons. The van der Waals surface area contributed by atoms with Gasteiger partial charge in [-0.1, -0.05) is 17.7 Å². The topological polar surface area (TPSA) is 113 Å². The molecule has 8 nitrogen and oxygen atoms in total. The van der Waals surface area contributed by atoms with E-state index in [0.717, 1.165) is 0 Å². The van der Waals surface area contributed by atoms with Gasteiger partial charge in [-0.25, -0.2) is 4.79 Å². The van der Waals surface area contributed by atoms with Crippen molar-refractivity contribution in [2.24, 2.45) is 0 Å². The number of nitrogens with zero attached hydrogens (tertiary/aromatic N) is 1. The molecule has 0 bridgehead atoms. The number of nitro groups is 1. The second kappa shape index (κ2) is 7.99. The Bertz CT molecular complexity index is 1010. The van der Waals surface area contributed by atoms with Crippen LogP contribution >= 0.6 is 27.5 Å². The molecule has 2 aromatic carbocycles. The first-order chi connectivity index (χ1) is 13.3. The summed E-state index contributed by atoms with van der Waals surface area (Å²) in [6.07, 6.45) is 0. The highest BCUT2D eigenvalue weighted by Gasteiger charge is 2.32. The van der Waals surface area contributed by atoms with Gasteiger partial charge in [0.25, 0.3) is 11.6 Å². The van der Waals surface area contributed by atoms with Crippen molar-refractivity contribution in [3.8, 4) is 0 Å². The zero-order valence-corrected chi connectivity index (χ0v) is 16.8. The maximum atomic E-state index is 12.9. The molecule has 0 fully saturated rings. The van der Waals surface area contributed by atoms with E-state index >= 15 is 0 Å². The highest BCUT2D eigenvalue weighted by molar-refractivity contribution is 9.10. The standard InChI is InChI=1S/C18H14BrClN4O4/c1-9-15(17(25)22-12-5-3-11(20)4-6-12)16(23-18(26)21-9)10-2-7-13(19)14(8-10)24(27)28/h2-8,16H,1H3,(H,22,25)(H2,21,23,26). The summed E-state index contributed by atoms with van der Waals surface area (Å²) in [4.78, 5) is 35.6. The number of nitro benzene ring substituents is 1. The Hall–Kier alpha value is -2.91. The molecule has 28 heavy (non-hydrogen) atoms. The highest BCUT2D eigenvalue weighted by atomic mass is 79.9. The van der Waals surface area contributed by atoms with Crippen LogP contribution in [0.5, 0.6) is 0 Å². The minimum atomic E-state index is -0.854. The largest absolute Gasteiger partial charge is 0.327 e. The number of allylic oxidation sites excluding steroid dienone is 1. The van der Waals surface area contributed by atoms with Crippen LogP contribution < -0.4 is 16.0 Å². The second-order valence-electron chi connectivity index (χ2n) is 6.00. The minimum absolute atomic E-state index is 0.166. The molecule has 1 atom stereocenters. The van der Waals surface area contributed by atoms with Crippen LogP contribution in [0.25, 0.3) is 0 Å². The molecule has 0 aliphatic carbocycles. The van der Waals surface area contributed by atoms with Crippen LogP contribution in [0.15, 0.2) is 58.2 Å². The molecule has 0 saturated heterocycles. The number of hydrogen-bond donors (Lipinski definition) is 3. The van der Waals surface area contributed by atoms with Crippen molar-refractivity contribution >= 4 is 50.8 Å². The van der Waals surface area contributed by atoms with Gasteiger partial charge in [-0.3, -0.25) is 14.9 Å². The van der Waals surface area contributed by atoms with Crippen molar-refractivity contribution in [1.29, 1.82) is 0 Å². The smallest absolute Gasteiger partial charge is 0.319 e. The van der Waals surface area contributed by atoms with Gasteiger partial charge in [0, 0.05) is 22.5 Å². The number of urea groups is 1. The molecule has 1 unspecified atom stereocenters. The van der Waals surface area contributed by atoms with Crippen molar-refractivity contribution < 1.29 is 14.5 Å². The quantitative estimate of drug-likeness (QED) is 0.462. The normalized spacial score (nSPS) is 16.2. The molecule has 144 valence electrons. The zero-order chi connectivity index (χ0) is 20.4. The number of nitrogens with one attached hydrogen (secondary N) is 3. The Morgan fingerprint density at radius 1 is 1.25 bits per heavy atom. The van der Waals surface area contributed by atoms with Crippen molar-refractivity contribution in [2.75, 3.05) is 5.32 Å². The monoisotopic (exact) mass is 464 g/mol. The van der Waals surface area contributed by atoms with Crippen molar-refractivity contribution in [1.82, 2.24) is 10.6 Å². The summed E-state index contributed by atoms with van der Waals surface area (Å²) in [7, 11) is 0. The van der Waals surface area contributed by atoms with Crippen molar-refractivity contribution in [2.45, 2.75) is 13.0 Å². The minimum Gasteiger partial charge on any atom is -0.327 e. The molecule has 1 aliphatic heterocycles. The zero-order valence-electron chi connectivity index (χ0n) is 14.5. The third kappa shape index (κ3) is 4.15. The number of amides is 3. The number of anilines is 1. The Morgan fingerprint density at radius 2 is 1.93 bits per heavy atom. The Balaban J connectivity index is 1.99. The van der Waals surface area contributed by atoms with Crippen LogP contribution in [0.4, 0.5) is 16.2 Å². The third-order valence-electron chi connectivity index (χ3n) is 4.12. The highest BCUT2D eigenvalue weighted by Crippen LogP contribution is 2.33. The van der Waals surface area contributed by atoms with Gasteiger partial charge in [-0.2, -0.15) is 0 Å². The summed E-state index contributed by atoms with van der Waals surface area (Å²) in [5.41, 5.74) is 1.36. The lowest BCUT2D eigenvalue weighted by molar-refractivity contribution is -0.385. The first-order valence-corrected chi connectivity index (χ1v) is 9.22. The first-order valence-electron chi connectivity index (χ1n) is 8.05. The molecule has 0 saturated carbocycles. The summed E-state index contributed by atoms with van der Waals surface area (Å²) < 4.78 is 0.300. The Kier molecular flexibility index (Phi) is 5.66. The van der Waals surface area contributed by atoms with E-state index in [2.05, 4.69) is 31.9 Å². The third-order valence-corrected chi connectivity index (χ3v) is 5.04. The molecular formula is C18H14BrClN4O4. The van der Waals surface area contributed by atoms with Crippen molar-refractivity contribution in [3.63, 3.8) is 0 Å². The average molecular weight is 466 g/mol. The Labute approximate surface area is 173 Å². The number of carbonyl (C=O) groups is 2. The van der Waals surface area contributed by atoms with Crippen molar-refractivity contribution in [3.05, 3.63) is 78.9 Å². The fourth-order valence-corrected chi connectivity index (χ4v) is 3.34. The van der Waals surface area contributed by atoms with E-state index in [1.54, 1.807) is 37.3 Å². The lowest BCUT2D eigenvalue weighted by atomic mass is 9.94. The predicted molar refractivity (Wildman–Crippen MR) is 108 cm³/mol. The first kappa shape index (κ1) is 19.8. The molecule has 10 heteroatoms. The van der Waals surface area contributed by atoms with Gasteiger partial charge in [-0.05, 0) is 58.7 Å². The van der Waals surface area contributed by atoms with Crippen LogP contribution in [0.3, 0.4) is 0 Å². The molecule has 2 aromatic rings. The molecule has 3 rings (SSSR count). The molecular weight excluding hydrogens is 452 g/mol. The SMILES string of the molecule is CC1=C(C(=O)Nc2ccc(Cl)cc2)C(c2ccc(Br)c([N+](=O)[O-])c2)NC(=O)N1. The Morgan fingerprint density at radius 3 is 2.57 bits per heavy atom. The maximum Gasteiger partial charge on any atom is 0.319 e. The fraction of sp³-hybridized carbons (Fsp3) is 0.111. The maximum absolute atomic E-state index is 12.9. The van der Waals surface area contributed by atoms with Gasteiger partial charge in [-0.15, -0.1) is 0 Å². The molecule has 0 aromatic heterocycles. The van der Waals surface area contributed by atoms with Crippen LogP contribution in [-0.2, 0) is 4.79 Å². The summed E-state index contributed by atoms with van der Waals surface area (Å²) >= 11 is 8.98. The van der Waals surface area contributed by atoms with Crippen LogP contribution in [-0.4, -0.2) is 16.9 Å². The lowest BCUT2D eigenvalue weighted by Gasteiger charge is -2.28. The van der Waals surface area contributed by atoms with Crippen LogP contribution in [0.1, 0.15) is 18.5 Å². The van der Waals surface area contributed by atoms with Gasteiger partial charge in [0.15, 0.2) is 0 Å². The number of hydrogen-bond acceptors (Lipinski definition) is 4. The summed E-state index contributed by atoms with van der Waals surface area (Å²) in [6, 6.07) is 9.63. The van der Waals surface area contributed by atoms with E-state index < -0.39 is 22.9 Å². The van der Waals surface area contributed by atoms with E-state index in [0.29, 0.717) is 26.4 Å². The number of carbonyl (C=O) groups excluding carboxylic acids is 2. The lowest BCUT2D eigenvalue weighted by Crippen LogP contribution is -2.46. The van der Waals surface area contributed by atoms with Gasteiger partial charge < -0.3 is 16.0 Å². The molecule has 0 spiro atoms. The van der Waals surface area contributed by atoms with Gasteiger partial charge in [0.2, 0.25) is 0 Å². The summed E-state index contributed by atoms with van der Waals surface area (Å²) in [5.74, 6) is -0.456. The van der Waals surface area contributed by atoms with E-state index in [9.17, 15) is 19.7 Å².